The number of hydrogen-bond donors (Lipinski definition) is 0. The first-order valence-electron chi connectivity index (χ1n) is 8.86. The van der Waals surface area contributed by atoms with E-state index in [9.17, 15) is 4.79 Å². The van der Waals surface area contributed by atoms with Gasteiger partial charge in [-0.05, 0) is 49.2 Å². The highest BCUT2D eigenvalue weighted by molar-refractivity contribution is 7.22. The lowest BCUT2D eigenvalue weighted by molar-refractivity contribution is 0.0984. The number of aryl methyl sites for hydroxylation is 2. The molecule has 4 aromatic rings. The Labute approximate surface area is 172 Å². The van der Waals surface area contributed by atoms with Crippen molar-refractivity contribution in [2.45, 2.75) is 20.4 Å². The number of benzene rings is 2. The van der Waals surface area contributed by atoms with Crippen molar-refractivity contribution in [1.29, 1.82) is 0 Å². The minimum Gasteiger partial charge on any atom is -0.279 e. The Morgan fingerprint density at radius 2 is 2.00 bits per heavy atom. The van der Waals surface area contributed by atoms with Crippen molar-refractivity contribution in [1.82, 2.24) is 9.97 Å². The summed E-state index contributed by atoms with van der Waals surface area (Å²) in [6, 6.07) is 15.3. The number of amides is 1. The van der Waals surface area contributed by atoms with Gasteiger partial charge in [-0.25, -0.2) is 4.98 Å². The first kappa shape index (κ1) is 18.6. The molecule has 4 nitrogen and oxygen atoms in total. The molecule has 0 spiro atoms. The van der Waals surface area contributed by atoms with Crippen LogP contribution in [0.3, 0.4) is 0 Å². The number of carbonyl (C=O) groups excluding carboxylic acids is 1. The normalized spacial score (nSPS) is 11.0. The van der Waals surface area contributed by atoms with Gasteiger partial charge in [0.25, 0.3) is 5.91 Å². The fourth-order valence-corrected chi connectivity index (χ4v) is 4.38. The fourth-order valence-electron chi connectivity index (χ4n) is 3.12. The zero-order valence-corrected chi connectivity index (χ0v) is 17.1. The number of rotatable bonds is 4. The minimum atomic E-state index is -0.0865. The van der Waals surface area contributed by atoms with Crippen molar-refractivity contribution in [2.75, 3.05) is 4.90 Å². The van der Waals surface area contributed by atoms with E-state index in [1.807, 2.05) is 62.4 Å². The monoisotopic (exact) mass is 407 g/mol. The molecule has 0 N–H and O–H groups in total. The van der Waals surface area contributed by atoms with Gasteiger partial charge in [0.2, 0.25) is 0 Å². The number of nitrogens with zero attached hydrogens (tertiary/aromatic N) is 3. The van der Waals surface area contributed by atoms with Crippen LogP contribution in [0.1, 0.15) is 27.0 Å². The number of hydrogen-bond acceptors (Lipinski definition) is 4. The number of aromatic nitrogens is 2. The van der Waals surface area contributed by atoms with Gasteiger partial charge >= 0.3 is 0 Å². The number of halogens is 1. The van der Waals surface area contributed by atoms with Gasteiger partial charge in [0.1, 0.15) is 5.52 Å². The van der Waals surface area contributed by atoms with Crippen molar-refractivity contribution in [2.24, 2.45) is 0 Å². The quantitative estimate of drug-likeness (QED) is 0.429. The molecule has 2 aromatic carbocycles. The first-order valence-corrected chi connectivity index (χ1v) is 10.1. The number of carbonyl (C=O) groups is 1. The van der Waals surface area contributed by atoms with Crippen LogP contribution in [0.5, 0.6) is 0 Å². The molecular weight excluding hydrogens is 390 g/mol. The topological polar surface area (TPSA) is 46.1 Å². The van der Waals surface area contributed by atoms with Gasteiger partial charge in [-0.3, -0.25) is 14.7 Å². The lowest BCUT2D eigenvalue weighted by atomic mass is 10.0. The maximum atomic E-state index is 13.5. The van der Waals surface area contributed by atoms with Crippen LogP contribution in [0.4, 0.5) is 5.13 Å². The summed E-state index contributed by atoms with van der Waals surface area (Å²) in [6.07, 6.45) is 3.49. The number of pyridine rings is 1. The second kappa shape index (κ2) is 7.70. The van der Waals surface area contributed by atoms with Gasteiger partial charge < -0.3 is 0 Å². The maximum Gasteiger partial charge on any atom is 0.260 e. The largest absolute Gasteiger partial charge is 0.279 e. The molecule has 140 valence electrons. The molecule has 0 unspecified atom stereocenters. The second-order valence-corrected chi connectivity index (χ2v) is 8.07. The van der Waals surface area contributed by atoms with Crippen molar-refractivity contribution in [3.63, 3.8) is 0 Å². The molecule has 0 saturated heterocycles. The van der Waals surface area contributed by atoms with Gasteiger partial charge in [-0.2, -0.15) is 0 Å². The summed E-state index contributed by atoms with van der Waals surface area (Å²) < 4.78 is 0.951. The lowest BCUT2D eigenvalue weighted by Crippen LogP contribution is -2.31. The summed E-state index contributed by atoms with van der Waals surface area (Å²) in [4.78, 5) is 24.0. The van der Waals surface area contributed by atoms with Gasteiger partial charge in [-0.1, -0.05) is 52.8 Å². The highest BCUT2D eigenvalue weighted by Crippen LogP contribution is 2.34. The highest BCUT2D eigenvalue weighted by atomic mass is 35.5. The maximum absolute atomic E-state index is 13.5. The molecule has 0 radical (unpaired) electrons. The number of anilines is 1. The smallest absolute Gasteiger partial charge is 0.260 e. The second-order valence-electron chi connectivity index (χ2n) is 6.65. The van der Waals surface area contributed by atoms with Crippen molar-refractivity contribution in [3.8, 4) is 0 Å². The molecule has 28 heavy (non-hydrogen) atoms. The molecule has 0 fully saturated rings. The Bertz CT molecular complexity index is 1160. The van der Waals surface area contributed by atoms with E-state index >= 15 is 0 Å². The van der Waals surface area contributed by atoms with E-state index < -0.39 is 0 Å². The van der Waals surface area contributed by atoms with Crippen LogP contribution in [0, 0.1) is 13.8 Å². The van der Waals surface area contributed by atoms with Crippen LogP contribution in [-0.2, 0) is 6.54 Å². The summed E-state index contributed by atoms with van der Waals surface area (Å²) in [7, 11) is 0. The summed E-state index contributed by atoms with van der Waals surface area (Å²) >= 11 is 7.77. The Morgan fingerprint density at radius 1 is 1.14 bits per heavy atom. The fraction of sp³-hybridized carbons (Fsp3) is 0.136. The third-order valence-electron chi connectivity index (χ3n) is 4.51. The average Bonchev–Trinajstić information content (AvgIpc) is 3.12. The summed E-state index contributed by atoms with van der Waals surface area (Å²) in [5.74, 6) is -0.0865. The summed E-state index contributed by atoms with van der Waals surface area (Å²) in [6.45, 7) is 4.36. The highest BCUT2D eigenvalue weighted by Gasteiger charge is 2.23. The number of fused-ring (bicyclic) bond motifs is 1. The van der Waals surface area contributed by atoms with Gasteiger partial charge in [-0.15, -0.1) is 0 Å². The van der Waals surface area contributed by atoms with Crippen LogP contribution in [0.25, 0.3) is 10.2 Å². The minimum absolute atomic E-state index is 0.0865. The molecule has 0 aliphatic heterocycles. The molecule has 2 heterocycles. The van der Waals surface area contributed by atoms with Crippen LogP contribution >= 0.6 is 22.9 Å². The Hall–Kier alpha value is -2.76. The van der Waals surface area contributed by atoms with E-state index in [0.717, 1.165) is 21.4 Å². The molecule has 4 rings (SSSR count). The van der Waals surface area contributed by atoms with Crippen LogP contribution in [-0.4, -0.2) is 15.9 Å². The molecule has 0 aliphatic rings. The van der Waals surface area contributed by atoms with Crippen molar-refractivity contribution in [3.05, 3.63) is 88.2 Å². The van der Waals surface area contributed by atoms with E-state index in [1.165, 1.54) is 11.3 Å². The van der Waals surface area contributed by atoms with E-state index in [-0.39, 0.29) is 5.91 Å². The Morgan fingerprint density at radius 3 is 2.71 bits per heavy atom. The summed E-state index contributed by atoms with van der Waals surface area (Å²) in [5.41, 5.74) is 4.39. The first-order chi connectivity index (χ1) is 13.5. The molecule has 0 saturated carbocycles. The van der Waals surface area contributed by atoms with Crippen molar-refractivity contribution < 1.29 is 4.79 Å². The van der Waals surface area contributed by atoms with E-state index in [4.69, 9.17) is 11.6 Å². The third-order valence-corrected chi connectivity index (χ3v) is 5.86. The molecule has 6 heteroatoms. The van der Waals surface area contributed by atoms with Gasteiger partial charge in [0.15, 0.2) is 5.13 Å². The van der Waals surface area contributed by atoms with Crippen LogP contribution in [0.2, 0.25) is 5.02 Å². The Kier molecular flexibility index (Phi) is 5.11. The predicted molar refractivity (Wildman–Crippen MR) is 115 cm³/mol. The zero-order chi connectivity index (χ0) is 19.7. The molecular formula is C22H18ClN3OS. The van der Waals surface area contributed by atoms with Crippen molar-refractivity contribution >= 4 is 44.2 Å². The average molecular weight is 408 g/mol. The van der Waals surface area contributed by atoms with E-state index in [1.54, 1.807) is 17.3 Å². The molecule has 0 atom stereocenters. The SMILES string of the molecule is Cc1ccc(C(=O)N(Cc2cccnc2)c2nc3c(Cl)cccc3s2)c(C)c1. The summed E-state index contributed by atoms with van der Waals surface area (Å²) in [5, 5.41) is 1.21. The van der Waals surface area contributed by atoms with E-state index in [0.29, 0.717) is 27.8 Å². The van der Waals surface area contributed by atoms with Gasteiger partial charge in [0.05, 0.1) is 16.3 Å². The Balaban J connectivity index is 1.80. The number of thiazole rings is 1. The number of para-hydroxylation sites is 1. The van der Waals surface area contributed by atoms with Crippen LogP contribution in [0.15, 0.2) is 60.9 Å². The molecule has 0 bridgehead atoms. The standard InChI is InChI=1S/C22H18ClN3OS/c1-14-8-9-17(15(2)11-14)21(27)26(13-16-5-4-10-24-12-16)22-25-20-18(23)6-3-7-19(20)28-22/h3-12H,13H2,1-2H3. The zero-order valence-electron chi connectivity index (χ0n) is 15.5. The predicted octanol–water partition coefficient (Wildman–Crippen LogP) is 5.81. The third kappa shape index (κ3) is 3.63. The van der Waals surface area contributed by atoms with Gasteiger partial charge in [0, 0.05) is 18.0 Å². The molecule has 2 aromatic heterocycles. The molecule has 1 amide bonds. The van der Waals surface area contributed by atoms with E-state index in [2.05, 4.69) is 9.97 Å². The van der Waals surface area contributed by atoms with Crippen LogP contribution < -0.4 is 4.90 Å². The molecule has 0 aliphatic carbocycles. The lowest BCUT2D eigenvalue weighted by Gasteiger charge is -2.21.